The number of carbonyl (C=O) groups is 1. The first-order chi connectivity index (χ1) is 11.6. The molecule has 1 N–H and O–H groups in total. The van der Waals surface area contributed by atoms with Gasteiger partial charge in [0.25, 0.3) is 0 Å². The molecule has 0 unspecified atom stereocenters. The Hall–Kier alpha value is -3.28. The zero-order chi connectivity index (χ0) is 16.7. The van der Waals surface area contributed by atoms with E-state index in [1.54, 1.807) is 10.7 Å². The molecule has 24 heavy (non-hydrogen) atoms. The number of carboxylic acid groups (broad SMARTS) is 1. The lowest BCUT2D eigenvalue weighted by molar-refractivity contribution is 0.0690. The van der Waals surface area contributed by atoms with Crippen LogP contribution in [-0.4, -0.2) is 27.6 Å². The maximum Gasteiger partial charge on any atom is 0.356 e. The summed E-state index contributed by atoms with van der Waals surface area (Å²) in [7, 11) is 0. The second-order valence-corrected chi connectivity index (χ2v) is 5.54. The predicted octanol–water partition coefficient (Wildman–Crippen LogP) is 3.27. The molecule has 0 aliphatic carbocycles. The average Bonchev–Trinajstić information content (AvgIpc) is 3.21. The molecular formula is C18H14N2O4. The van der Waals surface area contributed by atoms with Crippen LogP contribution in [0.3, 0.4) is 0 Å². The highest BCUT2D eigenvalue weighted by molar-refractivity contribution is 5.87. The average molecular weight is 322 g/mol. The number of hydrogen-bond donors (Lipinski definition) is 1. The van der Waals surface area contributed by atoms with Gasteiger partial charge in [0.05, 0.1) is 11.4 Å². The molecule has 2 aromatic carbocycles. The Bertz CT molecular complexity index is 946. The van der Waals surface area contributed by atoms with E-state index in [0.29, 0.717) is 17.2 Å². The minimum atomic E-state index is -1.07. The number of ether oxygens (including phenoxy) is 2. The third-order valence-electron chi connectivity index (χ3n) is 3.84. The van der Waals surface area contributed by atoms with Crippen LogP contribution in [0, 0.1) is 6.92 Å². The summed E-state index contributed by atoms with van der Waals surface area (Å²) in [6, 6.07) is 14.8. The van der Waals surface area contributed by atoms with Crippen LogP contribution in [0.25, 0.3) is 16.9 Å². The number of benzene rings is 2. The summed E-state index contributed by atoms with van der Waals surface area (Å²) in [6.07, 6.45) is 0. The third-order valence-corrected chi connectivity index (χ3v) is 3.84. The van der Waals surface area contributed by atoms with Gasteiger partial charge in [0.1, 0.15) is 0 Å². The molecule has 120 valence electrons. The monoisotopic (exact) mass is 322 g/mol. The summed E-state index contributed by atoms with van der Waals surface area (Å²) in [5.74, 6) is 0.253. The molecule has 0 atom stereocenters. The fourth-order valence-corrected chi connectivity index (χ4v) is 2.70. The summed E-state index contributed by atoms with van der Waals surface area (Å²) in [4.78, 5) is 11.4. The van der Waals surface area contributed by atoms with Crippen molar-refractivity contribution < 1.29 is 19.4 Å². The van der Waals surface area contributed by atoms with E-state index < -0.39 is 5.97 Å². The van der Waals surface area contributed by atoms with Gasteiger partial charge in [-0.3, -0.25) is 0 Å². The van der Waals surface area contributed by atoms with E-state index in [0.717, 1.165) is 16.8 Å². The van der Waals surface area contributed by atoms with E-state index in [-0.39, 0.29) is 12.5 Å². The van der Waals surface area contributed by atoms with E-state index >= 15 is 0 Å². The maximum atomic E-state index is 11.4. The van der Waals surface area contributed by atoms with Crippen molar-refractivity contribution in [3.63, 3.8) is 0 Å². The fourth-order valence-electron chi connectivity index (χ4n) is 2.70. The molecule has 0 fully saturated rings. The van der Waals surface area contributed by atoms with E-state index in [4.69, 9.17) is 9.47 Å². The first kappa shape index (κ1) is 14.3. The van der Waals surface area contributed by atoms with Gasteiger partial charge in [-0.2, -0.15) is 5.10 Å². The zero-order valence-electron chi connectivity index (χ0n) is 12.9. The quantitative estimate of drug-likeness (QED) is 0.801. The Morgan fingerprint density at radius 3 is 2.75 bits per heavy atom. The van der Waals surface area contributed by atoms with E-state index in [2.05, 4.69) is 5.10 Å². The van der Waals surface area contributed by atoms with E-state index in [1.165, 1.54) is 0 Å². The van der Waals surface area contributed by atoms with Gasteiger partial charge in [0, 0.05) is 5.56 Å². The lowest BCUT2D eigenvalue weighted by Crippen LogP contribution is -2.02. The molecule has 1 aromatic heterocycles. The van der Waals surface area contributed by atoms with Crippen LogP contribution in [0.2, 0.25) is 0 Å². The second-order valence-electron chi connectivity index (χ2n) is 5.54. The first-order valence-corrected chi connectivity index (χ1v) is 7.42. The van der Waals surface area contributed by atoms with Gasteiger partial charge in [-0.15, -0.1) is 0 Å². The van der Waals surface area contributed by atoms with Gasteiger partial charge in [0.15, 0.2) is 17.2 Å². The number of nitrogens with zero attached hydrogens (tertiary/aromatic N) is 2. The van der Waals surface area contributed by atoms with Crippen molar-refractivity contribution in [2.45, 2.75) is 6.92 Å². The van der Waals surface area contributed by atoms with Crippen molar-refractivity contribution in [2.75, 3.05) is 6.79 Å². The van der Waals surface area contributed by atoms with Gasteiger partial charge < -0.3 is 14.6 Å². The van der Waals surface area contributed by atoms with Crippen molar-refractivity contribution in [1.82, 2.24) is 9.78 Å². The van der Waals surface area contributed by atoms with Crippen molar-refractivity contribution in [3.8, 4) is 28.4 Å². The normalized spacial score (nSPS) is 12.4. The van der Waals surface area contributed by atoms with Gasteiger partial charge in [-0.25, -0.2) is 9.48 Å². The molecular weight excluding hydrogens is 308 g/mol. The molecule has 4 rings (SSSR count). The van der Waals surface area contributed by atoms with Crippen molar-refractivity contribution in [1.29, 1.82) is 0 Å². The van der Waals surface area contributed by atoms with Crippen molar-refractivity contribution in [2.24, 2.45) is 0 Å². The maximum absolute atomic E-state index is 11.4. The Balaban J connectivity index is 1.89. The Kier molecular flexibility index (Phi) is 3.23. The van der Waals surface area contributed by atoms with Crippen LogP contribution < -0.4 is 9.47 Å². The Morgan fingerprint density at radius 1 is 1.12 bits per heavy atom. The highest BCUT2D eigenvalue weighted by Gasteiger charge is 2.19. The predicted molar refractivity (Wildman–Crippen MR) is 86.8 cm³/mol. The van der Waals surface area contributed by atoms with Crippen LogP contribution in [0.4, 0.5) is 0 Å². The molecule has 1 aliphatic heterocycles. The molecule has 0 saturated heterocycles. The van der Waals surface area contributed by atoms with Gasteiger partial charge in [-0.05, 0) is 48.9 Å². The van der Waals surface area contributed by atoms with Crippen LogP contribution in [0.5, 0.6) is 11.5 Å². The zero-order valence-corrected chi connectivity index (χ0v) is 12.9. The van der Waals surface area contributed by atoms with Crippen LogP contribution in [0.15, 0.2) is 48.5 Å². The SMILES string of the molecule is Cc1cccc(-n2nc(C(=O)O)cc2-c2ccc3c(c2)OCO3)c1. The summed E-state index contributed by atoms with van der Waals surface area (Å²) in [5, 5.41) is 13.5. The minimum Gasteiger partial charge on any atom is -0.476 e. The van der Waals surface area contributed by atoms with Crippen LogP contribution >= 0.6 is 0 Å². The molecule has 2 heterocycles. The van der Waals surface area contributed by atoms with Gasteiger partial charge in [0.2, 0.25) is 6.79 Å². The number of aryl methyl sites for hydroxylation is 1. The molecule has 1 aliphatic rings. The molecule has 0 amide bonds. The van der Waals surface area contributed by atoms with E-state index in [1.807, 2.05) is 49.4 Å². The number of aromatic carboxylic acids is 1. The minimum absolute atomic E-state index is 0.0100. The van der Waals surface area contributed by atoms with E-state index in [9.17, 15) is 9.90 Å². The highest BCUT2D eigenvalue weighted by Crippen LogP contribution is 2.36. The van der Waals surface area contributed by atoms with Crippen LogP contribution in [0.1, 0.15) is 16.1 Å². The fraction of sp³-hybridized carbons (Fsp3) is 0.111. The first-order valence-electron chi connectivity index (χ1n) is 7.42. The molecule has 0 radical (unpaired) electrons. The van der Waals surface area contributed by atoms with Gasteiger partial charge in [-0.1, -0.05) is 12.1 Å². The molecule has 6 nitrogen and oxygen atoms in total. The number of fused-ring (bicyclic) bond motifs is 1. The standard InChI is InChI=1S/C18H14N2O4/c1-11-3-2-4-13(7-11)20-15(9-14(19-20)18(21)22)12-5-6-16-17(8-12)24-10-23-16/h2-9H,10H2,1H3,(H,21,22). The molecule has 0 spiro atoms. The van der Waals surface area contributed by atoms with Crippen molar-refractivity contribution >= 4 is 5.97 Å². The lowest BCUT2D eigenvalue weighted by Gasteiger charge is -2.09. The molecule has 6 heteroatoms. The summed E-state index contributed by atoms with van der Waals surface area (Å²) in [5.41, 5.74) is 3.34. The summed E-state index contributed by atoms with van der Waals surface area (Å²) >= 11 is 0. The van der Waals surface area contributed by atoms with Crippen LogP contribution in [-0.2, 0) is 0 Å². The summed E-state index contributed by atoms with van der Waals surface area (Å²) < 4.78 is 12.4. The molecule has 0 bridgehead atoms. The number of carboxylic acids is 1. The molecule has 3 aromatic rings. The number of rotatable bonds is 3. The van der Waals surface area contributed by atoms with Crippen molar-refractivity contribution in [3.05, 3.63) is 59.8 Å². The molecule has 0 saturated carbocycles. The summed E-state index contributed by atoms with van der Waals surface area (Å²) in [6.45, 7) is 2.17. The number of aromatic nitrogens is 2. The van der Waals surface area contributed by atoms with Gasteiger partial charge >= 0.3 is 5.97 Å². The Morgan fingerprint density at radius 2 is 1.96 bits per heavy atom. The smallest absolute Gasteiger partial charge is 0.356 e. The Labute approximate surface area is 137 Å². The highest BCUT2D eigenvalue weighted by atomic mass is 16.7. The largest absolute Gasteiger partial charge is 0.476 e. The lowest BCUT2D eigenvalue weighted by atomic mass is 10.1. The third kappa shape index (κ3) is 2.38. The topological polar surface area (TPSA) is 73.6 Å². The number of hydrogen-bond acceptors (Lipinski definition) is 4. The second kappa shape index (κ2) is 5.42.